The molecule has 0 aliphatic rings. The molecule has 1 amide bonds. The minimum atomic E-state index is -0.298. The fraction of sp³-hybridized carbons (Fsp3) is 0.148. The number of anilines is 1. The summed E-state index contributed by atoms with van der Waals surface area (Å²) in [5, 5.41) is 5.98. The third kappa shape index (κ3) is 3.33. The van der Waals surface area contributed by atoms with E-state index in [0.717, 1.165) is 22.2 Å². The Balaban J connectivity index is 1.81. The molecular formula is C27H24N4O3. The van der Waals surface area contributed by atoms with Crippen LogP contribution >= 0.6 is 0 Å². The van der Waals surface area contributed by atoms with Crippen LogP contribution in [0.25, 0.3) is 27.5 Å². The average molecular weight is 453 g/mol. The normalized spacial score (nSPS) is 11.2. The number of para-hydroxylation sites is 1. The van der Waals surface area contributed by atoms with E-state index < -0.39 is 0 Å². The largest absolute Gasteiger partial charge is 0.497 e. The fourth-order valence-corrected chi connectivity index (χ4v) is 4.34. The molecule has 0 saturated carbocycles. The Hall–Kier alpha value is -4.39. The fourth-order valence-electron chi connectivity index (χ4n) is 4.34. The molecule has 34 heavy (non-hydrogen) atoms. The SMILES string of the molecule is COc1ccc(-n2nc(C(=O)N(C)c3cccc(C)c3)c3c4ccccc4n(C)c3c2=O)cc1. The lowest BCUT2D eigenvalue weighted by molar-refractivity contribution is 0.0988. The number of methoxy groups -OCH3 is 1. The highest BCUT2D eigenvalue weighted by Gasteiger charge is 2.26. The van der Waals surface area contributed by atoms with Crippen molar-refractivity contribution in [3.8, 4) is 11.4 Å². The Morgan fingerprint density at radius 1 is 1.00 bits per heavy atom. The van der Waals surface area contributed by atoms with Gasteiger partial charge in [-0.3, -0.25) is 9.59 Å². The molecule has 2 aromatic heterocycles. The van der Waals surface area contributed by atoms with E-state index in [-0.39, 0.29) is 17.2 Å². The standard InChI is InChI=1S/C27H24N4O3/c1-17-8-7-9-19(16-17)29(2)26(32)24-23-21-10-5-6-11-22(21)30(3)25(23)27(33)31(28-24)18-12-14-20(34-4)15-13-18/h5-16H,1-4H3. The first kappa shape index (κ1) is 21.5. The first-order valence-electron chi connectivity index (χ1n) is 10.9. The molecule has 0 fully saturated rings. The highest BCUT2D eigenvalue weighted by molar-refractivity contribution is 6.20. The summed E-state index contributed by atoms with van der Waals surface area (Å²) in [6.45, 7) is 1.98. The maximum Gasteiger partial charge on any atom is 0.296 e. The van der Waals surface area contributed by atoms with Crippen molar-refractivity contribution in [3.63, 3.8) is 0 Å². The van der Waals surface area contributed by atoms with Crippen LogP contribution in [0.15, 0.2) is 77.6 Å². The Bertz CT molecular complexity index is 1610. The van der Waals surface area contributed by atoms with Crippen molar-refractivity contribution in [2.45, 2.75) is 6.92 Å². The minimum Gasteiger partial charge on any atom is -0.497 e. The van der Waals surface area contributed by atoms with Gasteiger partial charge in [0.05, 0.1) is 12.8 Å². The molecule has 0 N–H and O–H groups in total. The van der Waals surface area contributed by atoms with Gasteiger partial charge in [-0.25, -0.2) is 0 Å². The van der Waals surface area contributed by atoms with Gasteiger partial charge in [0.15, 0.2) is 5.69 Å². The van der Waals surface area contributed by atoms with Crippen LogP contribution in [0.1, 0.15) is 16.1 Å². The smallest absolute Gasteiger partial charge is 0.296 e. The molecule has 5 rings (SSSR count). The minimum absolute atomic E-state index is 0.214. The van der Waals surface area contributed by atoms with E-state index in [9.17, 15) is 9.59 Å². The van der Waals surface area contributed by atoms with Gasteiger partial charge in [0, 0.05) is 36.1 Å². The monoisotopic (exact) mass is 452 g/mol. The lowest BCUT2D eigenvalue weighted by Crippen LogP contribution is -2.31. The number of fused-ring (bicyclic) bond motifs is 3. The number of carbonyl (C=O) groups excluding carboxylic acids is 1. The number of ether oxygens (including phenoxy) is 1. The molecule has 7 heteroatoms. The van der Waals surface area contributed by atoms with Gasteiger partial charge in [0.1, 0.15) is 11.3 Å². The first-order chi connectivity index (χ1) is 16.4. The highest BCUT2D eigenvalue weighted by atomic mass is 16.5. The molecule has 3 aromatic carbocycles. The van der Waals surface area contributed by atoms with E-state index in [1.54, 1.807) is 43.3 Å². The van der Waals surface area contributed by atoms with Crippen LogP contribution in [-0.4, -0.2) is 34.4 Å². The van der Waals surface area contributed by atoms with Gasteiger partial charge < -0.3 is 14.2 Å². The van der Waals surface area contributed by atoms with Gasteiger partial charge in [0.2, 0.25) is 0 Å². The summed E-state index contributed by atoms with van der Waals surface area (Å²) < 4.78 is 8.37. The summed E-state index contributed by atoms with van der Waals surface area (Å²) in [4.78, 5) is 29.1. The van der Waals surface area contributed by atoms with E-state index in [2.05, 4.69) is 5.10 Å². The van der Waals surface area contributed by atoms with Gasteiger partial charge in [-0.1, -0.05) is 30.3 Å². The van der Waals surface area contributed by atoms with Gasteiger partial charge >= 0.3 is 0 Å². The summed E-state index contributed by atoms with van der Waals surface area (Å²) in [6, 6.07) is 22.4. The Morgan fingerprint density at radius 2 is 1.74 bits per heavy atom. The van der Waals surface area contributed by atoms with Crippen molar-refractivity contribution in [3.05, 3.63) is 94.4 Å². The molecule has 2 heterocycles. The quantitative estimate of drug-likeness (QED) is 0.403. The van der Waals surface area contributed by atoms with Gasteiger partial charge in [-0.05, 0) is 55.0 Å². The number of rotatable bonds is 4. The third-order valence-corrected chi connectivity index (χ3v) is 6.15. The maximum atomic E-state index is 13.8. The van der Waals surface area contributed by atoms with E-state index in [1.165, 1.54) is 4.68 Å². The zero-order chi connectivity index (χ0) is 24.0. The van der Waals surface area contributed by atoms with Crippen molar-refractivity contribution in [1.29, 1.82) is 0 Å². The van der Waals surface area contributed by atoms with Crippen molar-refractivity contribution in [1.82, 2.24) is 14.3 Å². The molecule has 7 nitrogen and oxygen atoms in total. The molecular weight excluding hydrogens is 428 g/mol. The number of carbonyl (C=O) groups is 1. The van der Waals surface area contributed by atoms with Crippen LogP contribution in [-0.2, 0) is 7.05 Å². The molecule has 0 radical (unpaired) electrons. The van der Waals surface area contributed by atoms with Crippen LogP contribution in [0.3, 0.4) is 0 Å². The molecule has 0 spiro atoms. The summed E-state index contributed by atoms with van der Waals surface area (Å²) >= 11 is 0. The van der Waals surface area contributed by atoms with E-state index in [0.29, 0.717) is 22.3 Å². The van der Waals surface area contributed by atoms with Crippen molar-refractivity contribution in [2.24, 2.45) is 7.05 Å². The molecule has 5 aromatic rings. The Morgan fingerprint density at radius 3 is 2.44 bits per heavy atom. The predicted octanol–water partition coefficient (Wildman–Crippen LogP) is 4.47. The second kappa shape index (κ2) is 8.19. The first-order valence-corrected chi connectivity index (χ1v) is 10.9. The Kier molecular flexibility index (Phi) is 5.17. The summed E-state index contributed by atoms with van der Waals surface area (Å²) in [5.41, 5.74) is 3.54. The number of aryl methyl sites for hydroxylation is 2. The third-order valence-electron chi connectivity index (χ3n) is 6.15. The predicted molar refractivity (Wildman–Crippen MR) is 134 cm³/mol. The second-order valence-corrected chi connectivity index (χ2v) is 8.27. The van der Waals surface area contributed by atoms with Crippen LogP contribution in [0.2, 0.25) is 0 Å². The zero-order valence-electron chi connectivity index (χ0n) is 19.4. The zero-order valence-corrected chi connectivity index (χ0v) is 19.4. The number of hydrogen-bond donors (Lipinski definition) is 0. The highest BCUT2D eigenvalue weighted by Crippen LogP contribution is 2.30. The van der Waals surface area contributed by atoms with Gasteiger partial charge in [0.25, 0.3) is 11.5 Å². The molecule has 170 valence electrons. The second-order valence-electron chi connectivity index (χ2n) is 8.27. The van der Waals surface area contributed by atoms with E-state index in [1.807, 2.05) is 67.1 Å². The van der Waals surface area contributed by atoms with Crippen LogP contribution in [0, 0.1) is 6.92 Å². The van der Waals surface area contributed by atoms with Crippen molar-refractivity contribution < 1.29 is 9.53 Å². The lowest BCUT2D eigenvalue weighted by Gasteiger charge is -2.19. The molecule has 0 bridgehead atoms. The van der Waals surface area contributed by atoms with Gasteiger partial charge in [-0.15, -0.1) is 0 Å². The van der Waals surface area contributed by atoms with Crippen LogP contribution in [0.4, 0.5) is 5.69 Å². The van der Waals surface area contributed by atoms with Crippen molar-refractivity contribution in [2.75, 3.05) is 19.1 Å². The lowest BCUT2D eigenvalue weighted by atomic mass is 10.1. The molecule has 0 aliphatic carbocycles. The topological polar surface area (TPSA) is 69.4 Å². The average Bonchev–Trinajstić information content (AvgIpc) is 3.17. The molecule has 0 atom stereocenters. The number of amides is 1. The molecule has 0 unspecified atom stereocenters. The Labute approximate surface area is 196 Å². The number of aromatic nitrogens is 3. The molecule has 0 saturated heterocycles. The van der Waals surface area contributed by atoms with E-state index >= 15 is 0 Å². The summed E-state index contributed by atoms with van der Waals surface area (Å²) in [6.07, 6.45) is 0. The summed E-state index contributed by atoms with van der Waals surface area (Å²) in [5.74, 6) is 0.368. The summed E-state index contributed by atoms with van der Waals surface area (Å²) in [7, 11) is 5.14. The number of nitrogens with zero attached hydrogens (tertiary/aromatic N) is 4. The molecule has 0 aliphatic heterocycles. The number of hydrogen-bond acceptors (Lipinski definition) is 4. The van der Waals surface area contributed by atoms with Crippen LogP contribution in [0.5, 0.6) is 5.75 Å². The number of benzene rings is 3. The van der Waals surface area contributed by atoms with Crippen molar-refractivity contribution >= 4 is 33.4 Å². The maximum absolute atomic E-state index is 13.8. The van der Waals surface area contributed by atoms with E-state index in [4.69, 9.17) is 4.74 Å². The van der Waals surface area contributed by atoms with Gasteiger partial charge in [-0.2, -0.15) is 9.78 Å². The van der Waals surface area contributed by atoms with Crippen LogP contribution < -0.4 is 15.2 Å².